The summed E-state index contributed by atoms with van der Waals surface area (Å²) in [6, 6.07) is 3.73. The number of aryl methyl sites for hydroxylation is 1. The highest BCUT2D eigenvalue weighted by Gasteiger charge is 2.34. The first kappa shape index (κ1) is 20.4. The quantitative estimate of drug-likeness (QED) is 0.517. The second-order valence-electron chi connectivity index (χ2n) is 6.13. The average Bonchev–Trinajstić information content (AvgIpc) is 2.96. The molecule has 27 heavy (non-hydrogen) atoms. The van der Waals surface area contributed by atoms with E-state index in [1.165, 1.54) is 18.4 Å². The topological polar surface area (TPSA) is 74.7 Å². The SMILES string of the molecule is CC[C@@H]1CN(Cc2cc(CCC(=O)OC)sc2Cl)[S+]([O-])c2cnccc2O1. The van der Waals surface area contributed by atoms with Crippen LogP contribution in [0.5, 0.6) is 5.75 Å². The molecule has 0 aliphatic carbocycles. The molecule has 0 aromatic carbocycles. The van der Waals surface area contributed by atoms with Crippen molar-refractivity contribution in [2.45, 2.75) is 43.7 Å². The van der Waals surface area contributed by atoms with E-state index in [9.17, 15) is 9.35 Å². The molecular formula is C18H21ClN2O4S2. The van der Waals surface area contributed by atoms with Crippen LogP contribution in [0.3, 0.4) is 0 Å². The van der Waals surface area contributed by atoms with Crippen molar-refractivity contribution in [2.75, 3.05) is 13.7 Å². The van der Waals surface area contributed by atoms with Crippen LogP contribution in [-0.2, 0) is 33.9 Å². The number of rotatable bonds is 6. The minimum atomic E-state index is -1.39. The Kier molecular flexibility index (Phi) is 6.99. The zero-order chi connectivity index (χ0) is 19.4. The first-order chi connectivity index (χ1) is 13.0. The van der Waals surface area contributed by atoms with Gasteiger partial charge >= 0.3 is 5.97 Å². The molecule has 6 nitrogen and oxygen atoms in total. The number of carbonyl (C=O) groups excluding carboxylic acids is 1. The molecule has 0 spiro atoms. The number of methoxy groups -OCH3 is 1. The second-order valence-corrected chi connectivity index (χ2v) is 9.32. The van der Waals surface area contributed by atoms with Crippen molar-refractivity contribution in [3.8, 4) is 5.75 Å². The zero-order valence-electron chi connectivity index (χ0n) is 15.1. The molecule has 1 aliphatic heterocycles. The third-order valence-electron chi connectivity index (χ3n) is 4.28. The molecule has 9 heteroatoms. The molecule has 2 aromatic heterocycles. The van der Waals surface area contributed by atoms with Crippen molar-refractivity contribution in [3.63, 3.8) is 0 Å². The van der Waals surface area contributed by atoms with E-state index in [2.05, 4.69) is 9.72 Å². The predicted molar refractivity (Wildman–Crippen MR) is 105 cm³/mol. The van der Waals surface area contributed by atoms with Gasteiger partial charge in [0, 0.05) is 22.7 Å². The molecule has 0 saturated heterocycles. The Bertz CT molecular complexity index is 801. The van der Waals surface area contributed by atoms with Gasteiger partial charge in [0.25, 0.3) is 0 Å². The number of esters is 1. The van der Waals surface area contributed by atoms with Crippen LogP contribution in [0.1, 0.15) is 30.2 Å². The van der Waals surface area contributed by atoms with Crippen molar-refractivity contribution < 1.29 is 18.8 Å². The number of fused-ring (bicyclic) bond motifs is 1. The first-order valence-corrected chi connectivity index (χ1v) is 10.9. The molecule has 0 radical (unpaired) electrons. The summed E-state index contributed by atoms with van der Waals surface area (Å²) < 4.78 is 26.3. The molecule has 0 amide bonds. The lowest BCUT2D eigenvalue weighted by Crippen LogP contribution is -2.36. The van der Waals surface area contributed by atoms with Gasteiger partial charge in [-0.1, -0.05) is 18.5 Å². The van der Waals surface area contributed by atoms with E-state index in [1.807, 2.05) is 17.3 Å². The molecule has 146 valence electrons. The summed E-state index contributed by atoms with van der Waals surface area (Å²) in [5.41, 5.74) is 0.900. The number of thiophene rings is 1. The van der Waals surface area contributed by atoms with E-state index in [-0.39, 0.29) is 12.1 Å². The Morgan fingerprint density at radius 3 is 3.15 bits per heavy atom. The number of ether oxygens (including phenoxy) is 2. The molecule has 0 saturated carbocycles. The summed E-state index contributed by atoms with van der Waals surface area (Å²) in [6.07, 6.45) is 4.86. The number of hydrogen-bond acceptors (Lipinski definition) is 7. The van der Waals surface area contributed by atoms with Gasteiger partial charge in [-0.25, -0.2) is 0 Å². The molecular weight excluding hydrogens is 408 g/mol. The van der Waals surface area contributed by atoms with Crippen molar-refractivity contribution in [1.29, 1.82) is 0 Å². The van der Waals surface area contributed by atoms with Gasteiger partial charge in [0.1, 0.15) is 6.10 Å². The van der Waals surface area contributed by atoms with E-state index in [4.69, 9.17) is 16.3 Å². The number of nitrogens with zero attached hydrogens (tertiary/aromatic N) is 2. The Morgan fingerprint density at radius 1 is 1.59 bits per heavy atom. The molecule has 3 heterocycles. The largest absolute Gasteiger partial charge is 0.593 e. The number of aromatic nitrogens is 1. The molecule has 2 atom stereocenters. The lowest BCUT2D eigenvalue weighted by molar-refractivity contribution is -0.140. The van der Waals surface area contributed by atoms with Crippen LogP contribution in [0.4, 0.5) is 0 Å². The summed E-state index contributed by atoms with van der Waals surface area (Å²) >= 11 is 6.46. The maximum Gasteiger partial charge on any atom is 0.305 e. The number of carbonyl (C=O) groups is 1. The lowest BCUT2D eigenvalue weighted by atomic mass is 10.2. The van der Waals surface area contributed by atoms with Gasteiger partial charge in [-0.3, -0.25) is 9.78 Å². The van der Waals surface area contributed by atoms with Crippen LogP contribution in [0.15, 0.2) is 29.4 Å². The van der Waals surface area contributed by atoms with Crippen LogP contribution in [0.2, 0.25) is 4.34 Å². The third kappa shape index (κ3) is 4.94. The fourth-order valence-corrected chi connectivity index (χ4v) is 5.37. The van der Waals surface area contributed by atoms with E-state index in [0.717, 1.165) is 16.9 Å². The molecule has 1 aliphatic rings. The van der Waals surface area contributed by atoms with E-state index < -0.39 is 11.4 Å². The normalized spacial score (nSPS) is 19.9. The van der Waals surface area contributed by atoms with Gasteiger partial charge in [0.2, 0.25) is 4.90 Å². The molecule has 0 N–H and O–H groups in total. The zero-order valence-corrected chi connectivity index (χ0v) is 17.5. The summed E-state index contributed by atoms with van der Waals surface area (Å²) in [4.78, 5) is 17.0. The van der Waals surface area contributed by atoms with Gasteiger partial charge in [-0.05, 0) is 18.9 Å². The minimum absolute atomic E-state index is 0.0613. The van der Waals surface area contributed by atoms with Crippen molar-refractivity contribution in [1.82, 2.24) is 9.29 Å². The first-order valence-electron chi connectivity index (χ1n) is 8.63. The van der Waals surface area contributed by atoms with Crippen LogP contribution in [-0.4, -0.2) is 39.6 Å². The van der Waals surface area contributed by atoms with E-state index in [1.54, 1.807) is 18.5 Å². The Labute approximate surface area is 170 Å². The van der Waals surface area contributed by atoms with Crippen molar-refractivity contribution >= 4 is 40.3 Å². The van der Waals surface area contributed by atoms with E-state index in [0.29, 0.717) is 40.9 Å². The molecule has 3 rings (SSSR count). The van der Waals surface area contributed by atoms with Gasteiger partial charge < -0.3 is 14.0 Å². The Morgan fingerprint density at radius 2 is 2.41 bits per heavy atom. The van der Waals surface area contributed by atoms with Gasteiger partial charge in [-0.2, -0.15) is 0 Å². The maximum atomic E-state index is 13.1. The fraction of sp³-hybridized carbons (Fsp3) is 0.444. The number of pyridine rings is 1. The van der Waals surface area contributed by atoms with Crippen LogP contribution in [0.25, 0.3) is 0 Å². The Hall–Kier alpha value is -1.32. The highest BCUT2D eigenvalue weighted by molar-refractivity contribution is 7.89. The number of halogens is 1. The minimum Gasteiger partial charge on any atom is -0.593 e. The highest BCUT2D eigenvalue weighted by Crippen LogP contribution is 2.35. The van der Waals surface area contributed by atoms with Crippen molar-refractivity contribution in [3.05, 3.63) is 39.3 Å². The fourth-order valence-electron chi connectivity index (χ4n) is 2.79. The average molecular weight is 429 g/mol. The van der Waals surface area contributed by atoms with Crippen LogP contribution in [0, 0.1) is 0 Å². The van der Waals surface area contributed by atoms with Gasteiger partial charge in [0.15, 0.2) is 5.75 Å². The highest BCUT2D eigenvalue weighted by atomic mass is 35.5. The molecule has 0 bridgehead atoms. The van der Waals surface area contributed by atoms with Gasteiger partial charge in [0.05, 0.1) is 48.5 Å². The van der Waals surface area contributed by atoms with Crippen LogP contribution < -0.4 is 4.74 Å². The maximum absolute atomic E-state index is 13.1. The van der Waals surface area contributed by atoms with Crippen molar-refractivity contribution in [2.24, 2.45) is 0 Å². The van der Waals surface area contributed by atoms with Crippen LogP contribution >= 0.6 is 22.9 Å². The molecule has 1 unspecified atom stereocenters. The number of hydrogen-bond donors (Lipinski definition) is 0. The summed E-state index contributed by atoms with van der Waals surface area (Å²) in [6.45, 7) is 3.01. The monoisotopic (exact) mass is 428 g/mol. The van der Waals surface area contributed by atoms with Gasteiger partial charge in [-0.15, -0.1) is 15.6 Å². The summed E-state index contributed by atoms with van der Waals surface area (Å²) in [5.74, 6) is 0.370. The van der Waals surface area contributed by atoms with E-state index >= 15 is 0 Å². The summed E-state index contributed by atoms with van der Waals surface area (Å²) in [7, 11) is 1.38. The molecule has 0 fully saturated rings. The standard InChI is InChI=1S/C18H21ClN2O4S2/c1-3-13-11-21(27(23)16-9-20-7-6-15(16)25-13)10-12-8-14(26-18(12)19)4-5-17(22)24-2/h6-9,13H,3-5,10-11H2,1-2H3/t13-,27?/m1/s1. The lowest BCUT2D eigenvalue weighted by Gasteiger charge is -2.23. The summed E-state index contributed by atoms with van der Waals surface area (Å²) in [5, 5.41) is 0. The smallest absolute Gasteiger partial charge is 0.305 e. The Balaban J connectivity index is 1.78. The third-order valence-corrected chi connectivity index (χ3v) is 7.21. The second kappa shape index (κ2) is 9.25. The molecule has 2 aromatic rings. The predicted octanol–water partition coefficient (Wildman–Crippen LogP) is 3.60.